The van der Waals surface area contributed by atoms with Crippen LogP contribution in [0.4, 0.5) is 0 Å². The highest BCUT2D eigenvalue weighted by Gasteiger charge is 2.37. The highest BCUT2D eigenvalue weighted by molar-refractivity contribution is 7.10. The molecule has 2 aliphatic rings. The van der Waals surface area contributed by atoms with Crippen LogP contribution in [0.3, 0.4) is 0 Å². The molecule has 0 radical (unpaired) electrons. The molecule has 2 aliphatic heterocycles. The van der Waals surface area contributed by atoms with Crippen LogP contribution in [-0.4, -0.2) is 40.4 Å². The molecule has 1 atom stereocenters. The lowest BCUT2D eigenvalue weighted by molar-refractivity contribution is 0.0678. The van der Waals surface area contributed by atoms with Gasteiger partial charge in [-0.1, -0.05) is 30.4 Å². The Morgan fingerprint density at radius 2 is 1.94 bits per heavy atom. The average Bonchev–Trinajstić information content (AvgIpc) is 3.23. The molecule has 0 aliphatic carbocycles. The summed E-state index contributed by atoms with van der Waals surface area (Å²) in [6.45, 7) is 3.36. The predicted octanol–water partition coefficient (Wildman–Crippen LogP) is 3.79. The topological polar surface area (TPSA) is 75.0 Å². The minimum atomic E-state index is -0.566. The lowest BCUT2D eigenvalue weighted by atomic mass is 9.97. The molecule has 7 nitrogen and oxygen atoms in total. The maximum absolute atomic E-state index is 13.3. The number of aryl methyl sites for hydroxylation is 1. The van der Waals surface area contributed by atoms with Gasteiger partial charge < -0.3 is 14.7 Å². The SMILES string of the molecule is Cc1sccc1C1c2ccccc2OC/C=C/CCCN2CN1n1ccc(=O)c(O)c1C2=O. The second kappa shape index (κ2) is 8.78. The van der Waals surface area contributed by atoms with E-state index in [2.05, 4.69) is 24.4 Å². The molecule has 170 valence electrons. The fourth-order valence-corrected chi connectivity index (χ4v) is 5.23. The molecule has 1 amide bonds. The Balaban J connectivity index is 1.77. The highest BCUT2D eigenvalue weighted by Crippen LogP contribution is 2.39. The lowest BCUT2D eigenvalue weighted by Gasteiger charge is -2.44. The molecule has 1 N–H and O–H groups in total. The van der Waals surface area contributed by atoms with Gasteiger partial charge in [0.1, 0.15) is 25.1 Å². The number of para-hydroxylation sites is 1. The molecular weight excluding hydrogens is 438 g/mol. The molecule has 0 fully saturated rings. The van der Waals surface area contributed by atoms with Crippen molar-refractivity contribution < 1.29 is 14.6 Å². The molecule has 5 rings (SSSR count). The first-order chi connectivity index (χ1) is 16.1. The van der Waals surface area contributed by atoms with Gasteiger partial charge >= 0.3 is 0 Å². The van der Waals surface area contributed by atoms with E-state index < -0.39 is 11.2 Å². The molecule has 0 spiro atoms. The zero-order valence-electron chi connectivity index (χ0n) is 18.3. The van der Waals surface area contributed by atoms with Crippen molar-refractivity contribution in [2.24, 2.45) is 0 Å². The molecule has 3 aromatic rings. The smallest absolute Gasteiger partial charge is 0.277 e. The monoisotopic (exact) mass is 463 g/mol. The Kier molecular flexibility index (Phi) is 5.68. The summed E-state index contributed by atoms with van der Waals surface area (Å²) in [6.07, 6.45) is 7.20. The van der Waals surface area contributed by atoms with Crippen molar-refractivity contribution in [2.75, 3.05) is 24.8 Å². The minimum absolute atomic E-state index is 0.00422. The van der Waals surface area contributed by atoms with Gasteiger partial charge in [-0.15, -0.1) is 11.3 Å². The van der Waals surface area contributed by atoms with Gasteiger partial charge in [-0.05, 0) is 42.8 Å². The number of fused-ring (bicyclic) bond motifs is 5. The van der Waals surface area contributed by atoms with Gasteiger partial charge in [-0.3, -0.25) is 19.3 Å². The number of aromatic nitrogens is 1. The Labute approximate surface area is 195 Å². The van der Waals surface area contributed by atoms with Gasteiger partial charge in [-0.2, -0.15) is 0 Å². The van der Waals surface area contributed by atoms with Crippen molar-refractivity contribution in [1.29, 1.82) is 0 Å². The Morgan fingerprint density at radius 3 is 2.76 bits per heavy atom. The van der Waals surface area contributed by atoms with Crippen molar-refractivity contribution in [3.8, 4) is 11.5 Å². The summed E-state index contributed by atoms with van der Waals surface area (Å²) in [5, 5.41) is 14.7. The first-order valence-corrected chi connectivity index (χ1v) is 11.9. The fourth-order valence-electron chi connectivity index (χ4n) is 4.49. The van der Waals surface area contributed by atoms with Crippen LogP contribution in [0.1, 0.15) is 45.4 Å². The maximum atomic E-state index is 13.3. The quantitative estimate of drug-likeness (QED) is 0.556. The average molecular weight is 464 g/mol. The van der Waals surface area contributed by atoms with Crippen LogP contribution >= 0.6 is 11.3 Å². The van der Waals surface area contributed by atoms with Gasteiger partial charge in [0.25, 0.3) is 5.91 Å². The van der Waals surface area contributed by atoms with Crippen LogP contribution in [0.5, 0.6) is 11.5 Å². The van der Waals surface area contributed by atoms with E-state index in [1.165, 1.54) is 6.07 Å². The van der Waals surface area contributed by atoms with Crippen LogP contribution in [0, 0.1) is 6.92 Å². The van der Waals surface area contributed by atoms with Crippen molar-refractivity contribution in [3.63, 3.8) is 0 Å². The summed E-state index contributed by atoms with van der Waals surface area (Å²) in [5.41, 5.74) is 1.46. The summed E-state index contributed by atoms with van der Waals surface area (Å²) >= 11 is 1.66. The Morgan fingerprint density at radius 1 is 1.09 bits per heavy atom. The van der Waals surface area contributed by atoms with Gasteiger partial charge in [0.15, 0.2) is 11.4 Å². The van der Waals surface area contributed by atoms with Crippen LogP contribution in [0.15, 0.2) is 64.9 Å². The third-order valence-corrected chi connectivity index (χ3v) is 7.00. The molecule has 2 bridgehead atoms. The lowest BCUT2D eigenvalue weighted by Crippen LogP contribution is -2.55. The largest absolute Gasteiger partial charge is 0.502 e. The third-order valence-electron chi connectivity index (χ3n) is 6.14. The van der Waals surface area contributed by atoms with Crippen LogP contribution in [0.2, 0.25) is 0 Å². The highest BCUT2D eigenvalue weighted by atomic mass is 32.1. The van der Waals surface area contributed by atoms with Crippen molar-refractivity contribution >= 4 is 17.2 Å². The molecule has 4 heterocycles. The molecule has 2 aromatic heterocycles. The second-order valence-corrected chi connectivity index (χ2v) is 9.29. The van der Waals surface area contributed by atoms with E-state index >= 15 is 0 Å². The minimum Gasteiger partial charge on any atom is -0.502 e. The van der Waals surface area contributed by atoms with E-state index in [-0.39, 0.29) is 17.6 Å². The summed E-state index contributed by atoms with van der Waals surface area (Å²) in [5.74, 6) is -0.107. The summed E-state index contributed by atoms with van der Waals surface area (Å²) in [6, 6.07) is 11.0. The number of carbonyl (C=O) groups is 1. The van der Waals surface area contributed by atoms with Gasteiger partial charge in [0, 0.05) is 29.2 Å². The van der Waals surface area contributed by atoms with Gasteiger partial charge in [0.2, 0.25) is 5.43 Å². The van der Waals surface area contributed by atoms with E-state index in [0.717, 1.165) is 34.6 Å². The number of ether oxygens (including phenoxy) is 1. The molecule has 0 saturated heterocycles. The van der Waals surface area contributed by atoms with Crippen molar-refractivity contribution in [1.82, 2.24) is 9.58 Å². The van der Waals surface area contributed by atoms with Gasteiger partial charge in [0.05, 0.1) is 0 Å². The zero-order valence-corrected chi connectivity index (χ0v) is 19.1. The van der Waals surface area contributed by atoms with E-state index in [1.54, 1.807) is 27.1 Å². The number of nitrogens with zero attached hydrogens (tertiary/aromatic N) is 3. The summed E-state index contributed by atoms with van der Waals surface area (Å²) in [4.78, 5) is 28.4. The van der Waals surface area contributed by atoms with E-state index in [0.29, 0.717) is 19.8 Å². The number of rotatable bonds is 1. The first kappa shape index (κ1) is 21.3. The van der Waals surface area contributed by atoms with E-state index in [1.807, 2.05) is 35.4 Å². The van der Waals surface area contributed by atoms with Crippen LogP contribution < -0.4 is 15.2 Å². The Hall–Kier alpha value is -3.52. The predicted molar refractivity (Wildman–Crippen MR) is 128 cm³/mol. The van der Waals surface area contributed by atoms with E-state index in [4.69, 9.17) is 4.74 Å². The van der Waals surface area contributed by atoms with Crippen LogP contribution in [-0.2, 0) is 0 Å². The molecular formula is C25H25N3O4S. The number of allylic oxidation sites excluding steroid dienone is 1. The first-order valence-electron chi connectivity index (χ1n) is 11.0. The zero-order chi connectivity index (χ0) is 22.9. The van der Waals surface area contributed by atoms with E-state index in [9.17, 15) is 14.7 Å². The number of pyridine rings is 1. The second-order valence-electron chi connectivity index (χ2n) is 8.17. The maximum Gasteiger partial charge on any atom is 0.277 e. The number of thiophene rings is 1. The number of aromatic hydroxyl groups is 1. The number of benzene rings is 1. The number of carbonyl (C=O) groups excluding carboxylic acids is 1. The normalized spacial score (nSPS) is 19.4. The van der Waals surface area contributed by atoms with Gasteiger partial charge in [-0.25, -0.2) is 0 Å². The number of hydrogen-bond acceptors (Lipinski definition) is 6. The molecule has 33 heavy (non-hydrogen) atoms. The molecule has 1 aromatic carbocycles. The standard InChI is InChI=1S/C25H25N3O4S/c1-17-18(11-15-33-17)22-19-8-4-5-9-21(19)32-14-7-3-2-6-12-26-16-28(22)27-13-10-20(29)24(30)23(27)25(26)31/h3-5,7-11,13,15,22,30H,2,6,12,14,16H2,1H3/b7-3+. The summed E-state index contributed by atoms with van der Waals surface area (Å²) in [7, 11) is 0. The summed E-state index contributed by atoms with van der Waals surface area (Å²) < 4.78 is 7.79. The molecule has 1 unspecified atom stereocenters. The van der Waals surface area contributed by atoms with Crippen molar-refractivity contribution in [2.45, 2.75) is 25.8 Å². The van der Waals surface area contributed by atoms with Crippen LogP contribution in [0.25, 0.3) is 0 Å². The fraction of sp³-hybridized carbons (Fsp3) is 0.280. The Bertz CT molecular complexity index is 1280. The molecule has 0 saturated carbocycles. The third kappa shape index (κ3) is 3.80. The number of hydrogen-bond donors (Lipinski definition) is 1. The van der Waals surface area contributed by atoms with Crippen molar-refractivity contribution in [3.05, 3.63) is 92.0 Å². The number of amides is 1. The molecule has 8 heteroatoms.